The number of rotatable bonds is 3. The monoisotopic (exact) mass is 302 g/mol. The topological polar surface area (TPSA) is 41.9 Å². The number of hydrogen-bond donors (Lipinski definition) is 0. The number of nitrogens with zero attached hydrogens (tertiary/aromatic N) is 4. The highest BCUT2D eigenvalue weighted by Gasteiger charge is 2.32. The molecule has 0 unspecified atom stereocenters. The molecule has 0 fully saturated rings. The summed E-state index contributed by atoms with van der Waals surface area (Å²) in [6.07, 6.45) is -2.89. The Bertz CT molecular complexity index is 569. The standard InChI is InChI=1S/C12H10ClF3N4/c1-20(7-8-2-4-10(13)17-6-8)11-5-3-9(18-19-11)12(14,15)16/h2-6H,7H2,1H3. The van der Waals surface area contributed by atoms with E-state index in [1.807, 2.05) is 0 Å². The van der Waals surface area contributed by atoms with Gasteiger partial charge in [0.25, 0.3) is 0 Å². The third-order valence-corrected chi connectivity index (χ3v) is 2.76. The first kappa shape index (κ1) is 14.5. The number of halogens is 4. The van der Waals surface area contributed by atoms with Crippen LogP contribution in [0.4, 0.5) is 19.0 Å². The van der Waals surface area contributed by atoms with Crippen LogP contribution in [0.2, 0.25) is 5.15 Å². The third kappa shape index (κ3) is 3.57. The van der Waals surface area contributed by atoms with Crippen molar-refractivity contribution in [1.29, 1.82) is 0 Å². The van der Waals surface area contributed by atoms with Gasteiger partial charge in [-0.3, -0.25) is 0 Å². The van der Waals surface area contributed by atoms with Gasteiger partial charge in [-0.15, -0.1) is 10.2 Å². The lowest BCUT2D eigenvalue weighted by Gasteiger charge is -2.17. The van der Waals surface area contributed by atoms with Crippen LogP contribution in [0.15, 0.2) is 30.5 Å². The highest BCUT2D eigenvalue weighted by Crippen LogP contribution is 2.27. The van der Waals surface area contributed by atoms with Gasteiger partial charge in [-0.25, -0.2) is 4.98 Å². The molecule has 0 amide bonds. The number of hydrogen-bond acceptors (Lipinski definition) is 4. The first-order valence-corrected chi connectivity index (χ1v) is 5.96. The summed E-state index contributed by atoms with van der Waals surface area (Å²) in [6.45, 7) is 0.435. The Balaban J connectivity index is 2.09. The van der Waals surface area contributed by atoms with E-state index in [9.17, 15) is 13.2 Å². The number of anilines is 1. The van der Waals surface area contributed by atoms with Gasteiger partial charge in [0, 0.05) is 19.8 Å². The van der Waals surface area contributed by atoms with Crippen LogP contribution in [0, 0.1) is 0 Å². The Morgan fingerprint density at radius 1 is 1.15 bits per heavy atom. The van der Waals surface area contributed by atoms with E-state index in [2.05, 4.69) is 15.2 Å². The molecule has 106 valence electrons. The summed E-state index contributed by atoms with van der Waals surface area (Å²) < 4.78 is 37.1. The lowest BCUT2D eigenvalue weighted by molar-refractivity contribution is -0.141. The first-order chi connectivity index (χ1) is 9.36. The molecular weight excluding hydrogens is 293 g/mol. The van der Waals surface area contributed by atoms with Crippen LogP contribution in [0.1, 0.15) is 11.3 Å². The van der Waals surface area contributed by atoms with Gasteiger partial charge in [-0.2, -0.15) is 13.2 Å². The van der Waals surface area contributed by atoms with Crippen molar-refractivity contribution in [2.75, 3.05) is 11.9 Å². The second-order valence-corrected chi connectivity index (χ2v) is 4.51. The summed E-state index contributed by atoms with van der Waals surface area (Å²) in [7, 11) is 1.70. The highest BCUT2D eigenvalue weighted by molar-refractivity contribution is 6.29. The fourth-order valence-corrected chi connectivity index (χ4v) is 1.65. The zero-order valence-electron chi connectivity index (χ0n) is 10.4. The fraction of sp³-hybridized carbons (Fsp3) is 0.250. The van der Waals surface area contributed by atoms with Gasteiger partial charge in [0.2, 0.25) is 0 Å². The predicted molar refractivity (Wildman–Crippen MR) is 68.4 cm³/mol. The Labute approximate surface area is 118 Å². The van der Waals surface area contributed by atoms with Crippen molar-refractivity contribution in [3.63, 3.8) is 0 Å². The molecule has 2 rings (SSSR count). The fourth-order valence-electron chi connectivity index (χ4n) is 1.53. The molecule has 0 atom stereocenters. The smallest absolute Gasteiger partial charge is 0.354 e. The summed E-state index contributed by atoms with van der Waals surface area (Å²) >= 11 is 5.67. The molecule has 0 aliphatic heterocycles. The van der Waals surface area contributed by atoms with E-state index in [1.165, 1.54) is 6.07 Å². The van der Waals surface area contributed by atoms with Crippen LogP contribution < -0.4 is 4.90 Å². The molecule has 0 saturated carbocycles. The average Bonchev–Trinajstić information content (AvgIpc) is 2.40. The molecule has 20 heavy (non-hydrogen) atoms. The summed E-state index contributed by atoms with van der Waals surface area (Å²) in [4.78, 5) is 5.59. The van der Waals surface area contributed by atoms with Gasteiger partial charge in [0.05, 0.1) is 0 Å². The number of aromatic nitrogens is 3. The molecule has 4 nitrogen and oxygen atoms in total. The lowest BCUT2D eigenvalue weighted by atomic mass is 10.2. The molecule has 2 heterocycles. The Kier molecular flexibility index (Phi) is 4.08. The summed E-state index contributed by atoms with van der Waals surface area (Å²) in [6, 6.07) is 5.60. The van der Waals surface area contributed by atoms with Crippen LogP contribution >= 0.6 is 11.6 Å². The Morgan fingerprint density at radius 3 is 2.40 bits per heavy atom. The largest absolute Gasteiger partial charge is 0.435 e. The SMILES string of the molecule is CN(Cc1ccc(Cl)nc1)c1ccc(C(F)(F)F)nn1. The highest BCUT2D eigenvalue weighted by atomic mass is 35.5. The van der Waals surface area contributed by atoms with Gasteiger partial charge < -0.3 is 4.90 Å². The molecule has 0 aliphatic rings. The molecular formula is C12H10ClF3N4. The summed E-state index contributed by atoms with van der Waals surface area (Å²) in [5.41, 5.74) is -0.151. The van der Waals surface area contributed by atoms with Gasteiger partial charge in [0.15, 0.2) is 11.5 Å². The molecule has 8 heteroatoms. The van der Waals surface area contributed by atoms with Gasteiger partial charge in [-0.1, -0.05) is 17.7 Å². The van der Waals surface area contributed by atoms with Crippen molar-refractivity contribution in [3.8, 4) is 0 Å². The molecule has 2 aromatic heterocycles. The van der Waals surface area contributed by atoms with E-state index in [4.69, 9.17) is 11.6 Å². The maximum Gasteiger partial charge on any atom is 0.435 e. The minimum atomic E-state index is -4.48. The zero-order valence-corrected chi connectivity index (χ0v) is 11.2. The average molecular weight is 303 g/mol. The van der Waals surface area contributed by atoms with Crippen LogP contribution in [0.5, 0.6) is 0 Å². The molecule has 0 bridgehead atoms. The van der Waals surface area contributed by atoms with Gasteiger partial charge in [0.1, 0.15) is 5.15 Å². The minimum absolute atomic E-state index is 0.341. The van der Waals surface area contributed by atoms with Crippen LogP contribution in [-0.4, -0.2) is 22.2 Å². The zero-order chi connectivity index (χ0) is 14.8. The van der Waals surface area contributed by atoms with E-state index in [-0.39, 0.29) is 0 Å². The van der Waals surface area contributed by atoms with E-state index in [0.717, 1.165) is 11.6 Å². The van der Waals surface area contributed by atoms with E-state index >= 15 is 0 Å². The van der Waals surface area contributed by atoms with Crippen molar-refractivity contribution in [2.45, 2.75) is 12.7 Å². The van der Waals surface area contributed by atoms with E-state index in [0.29, 0.717) is 17.5 Å². The predicted octanol–water partition coefficient (Wildman–Crippen LogP) is 3.18. The van der Waals surface area contributed by atoms with Crippen LogP contribution in [0.3, 0.4) is 0 Å². The first-order valence-electron chi connectivity index (χ1n) is 5.59. The second kappa shape index (κ2) is 5.62. The quantitative estimate of drug-likeness (QED) is 0.817. The molecule has 0 saturated heterocycles. The number of alkyl halides is 3. The minimum Gasteiger partial charge on any atom is -0.354 e. The van der Waals surface area contributed by atoms with Crippen molar-refractivity contribution < 1.29 is 13.2 Å². The van der Waals surface area contributed by atoms with Gasteiger partial charge in [-0.05, 0) is 23.8 Å². The van der Waals surface area contributed by atoms with Gasteiger partial charge >= 0.3 is 6.18 Å². The number of pyridine rings is 1. The normalized spacial score (nSPS) is 11.4. The van der Waals surface area contributed by atoms with Crippen molar-refractivity contribution >= 4 is 17.4 Å². The molecule has 0 radical (unpaired) electrons. The van der Waals surface area contributed by atoms with Crippen molar-refractivity contribution in [3.05, 3.63) is 46.9 Å². The molecule has 0 aliphatic carbocycles. The van der Waals surface area contributed by atoms with Crippen molar-refractivity contribution in [1.82, 2.24) is 15.2 Å². The summed E-state index contributed by atoms with van der Waals surface area (Å²) in [5, 5.41) is 7.12. The molecule has 0 N–H and O–H groups in total. The van der Waals surface area contributed by atoms with Crippen LogP contribution in [-0.2, 0) is 12.7 Å². The third-order valence-electron chi connectivity index (χ3n) is 2.54. The maximum absolute atomic E-state index is 12.4. The van der Waals surface area contributed by atoms with Crippen LogP contribution in [0.25, 0.3) is 0 Å². The molecule has 0 spiro atoms. The van der Waals surface area contributed by atoms with E-state index in [1.54, 1.807) is 30.3 Å². The molecule has 2 aromatic rings. The lowest BCUT2D eigenvalue weighted by Crippen LogP contribution is -2.19. The second-order valence-electron chi connectivity index (χ2n) is 4.12. The summed E-state index contributed by atoms with van der Waals surface area (Å²) in [5.74, 6) is 0.341. The van der Waals surface area contributed by atoms with E-state index < -0.39 is 11.9 Å². The van der Waals surface area contributed by atoms with Crippen molar-refractivity contribution in [2.24, 2.45) is 0 Å². The Morgan fingerprint density at radius 2 is 1.90 bits per heavy atom. The Hall–Kier alpha value is -1.89. The molecule has 0 aromatic carbocycles. The maximum atomic E-state index is 12.4.